The van der Waals surface area contributed by atoms with Crippen LogP contribution < -0.4 is 28.3 Å². The highest BCUT2D eigenvalue weighted by Gasteiger charge is 2.50. The number of nitrogens with one attached hydrogen (secondary N) is 1. The maximum atomic E-state index is 11.1. The van der Waals surface area contributed by atoms with Gasteiger partial charge in [0.25, 0.3) is 0 Å². The molecule has 0 radical (unpaired) electrons. The lowest BCUT2D eigenvalue weighted by molar-refractivity contribution is -0.265. The first-order valence-electron chi connectivity index (χ1n) is 11.7. The van der Waals surface area contributed by atoms with Crippen molar-refractivity contribution >= 4 is 0 Å². The number of likely N-dealkylation sites (N-methyl/N-ethyl adjacent to an activating group) is 1. The minimum Gasteiger partial charge on any atom is -0.389 e. The number of hydrogen-bond acceptors (Lipinski definition) is 11. The predicted molar refractivity (Wildman–Crippen MR) is 118 cm³/mol. The van der Waals surface area contributed by atoms with Crippen LogP contribution in [0, 0.1) is 0 Å². The quantitative estimate of drug-likeness (QED) is 0.203. The zero-order valence-corrected chi connectivity index (χ0v) is 19.3. The van der Waals surface area contributed by atoms with Crippen molar-refractivity contribution in [2.24, 2.45) is 22.9 Å². The Balaban J connectivity index is 1.69. The SMILES string of the molecule is CNC1C(O)[C@@H](O[C@H]2C(N)C[C@H](N)C(O[C@H]3OC([C@@H](C)N)CCC3N)C2O)CC[C@]1(C)O. The Morgan fingerprint density at radius 2 is 1.62 bits per heavy atom. The van der Waals surface area contributed by atoms with Crippen molar-refractivity contribution in [3.63, 3.8) is 0 Å². The van der Waals surface area contributed by atoms with E-state index in [1.807, 2.05) is 6.92 Å². The summed E-state index contributed by atoms with van der Waals surface area (Å²) in [5.41, 5.74) is 23.7. The van der Waals surface area contributed by atoms with E-state index < -0.39 is 60.5 Å². The summed E-state index contributed by atoms with van der Waals surface area (Å²) in [5, 5.41) is 35.4. The molecule has 11 heteroatoms. The Morgan fingerprint density at radius 3 is 2.22 bits per heavy atom. The molecular weight excluding hydrogens is 418 g/mol. The lowest BCUT2D eigenvalue weighted by Gasteiger charge is -2.48. The molecule has 7 unspecified atom stereocenters. The van der Waals surface area contributed by atoms with Crippen molar-refractivity contribution in [2.75, 3.05) is 7.05 Å². The summed E-state index contributed by atoms with van der Waals surface area (Å²) >= 11 is 0. The Morgan fingerprint density at radius 1 is 1.00 bits per heavy atom. The van der Waals surface area contributed by atoms with E-state index in [0.717, 1.165) is 6.42 Å². The van der Waals surface area contributed by atoms with Crippen molar-refractivity contribution in [3.05, 3.63) is 0 Å². The molecule has 1 saturated heterocycles. The summed E-state index contributed by atoms with van der Waals surface area (Å²) < 4.78 is 18.2. The summed E-state index contributed by atoms with van der Waals surface area (Å²) in [4.78, 5) is 0. The van der Waals surface area contributed by atoms with Crippen LogP contribution in [0.25, 0.3) is 0 Å². The average molecular weight is 462 g/mol. The fourth-order valence-corrected chi connectivity index (χ4v) is 5.32. The number of hydrogen-bond donors (Lipinski definition) is 8. The van der Waals surface area contributed by atoms with Gasteiger partial charge in [-0.1, -0.05) is 0 Å². The van der Waals surface area contributed by atoms with Crippen LogP contribution in [0.5, 0.6) is 0 Å². The molecule has 12 N–H and O–H groups in total. The van der Waals surface area contributed by atoms with Crippen molar-refractivity contribution < 1.29 is 29.5 Å². The molecule has 0 aromatic heterocycles. The second-order valence-electron chi connectivity index (χ2n) is 10.1. The van der Waals surface area contributed by atoms with Crippen LogP contribution in [0.3, 0.4) is 0 Å². The van der Waals surface area contributed by atoms with Crippen LogP contribution >= 0.6 is 0 Å². The minimum atomic E-state index is -1.14. The highest BCUT2D eigenvalue weighted by Crippen LogP contribution is 2.34. The fourth-order valence-electron chi connectivity index (χ4n) is 5.32. The van der Waals surface area contributed by atoms with Crippen LogP contribution in [0.1, 0.15) is 46.0 Å². The lowest BCUT2D eigenvalue weighted by Crippen LogP contribution is -2.67. The molecule has 0 bridgehead atoms. The van der Waals surface area contributed by atoms with Gasteiger partial charge in [0.2, 0.25) is 0 Å². The third-order valence-electron chi connectivity index (χ3n) is 7.35. The molecule has 1 heterocycles. The third kappa shape index (κ3) is 5.44. The van der Waals surface area contributed by atoms with E-state index >= 15 is 0 Å². The number of nitrogens with two attached hydrogens (primary N) is 4. The van der Waals surface area contributed by atoms with E-state index in [2.05, 4.69) is 5.32 Å². The van der Waals surface area contributed by atoms with Crippen LogP contribution in [0.15, 0.2) is 0 Å². The first kappa shape index (κ1) is 26.2. The summed E-state index contributed by atoms with van der Waals surface area (Å²) in [6, 6.07) is -2.18. The second kappa shape index (κ2) is 10.4. The average Bonchev–Trinajstić information content (AvgIpc) is 2.71. The second-order valence-corrected chi connectivity index (χ2v) is 10.1. The first-order chi connectivity index (χ1) is 15.0. The molecule has 3 rings (SSSR count). The lowest BCUT2D eigenvalue weighted by atomic mass is 9.77. The van der Waals surface area contributed by atoms with Gasteiger partial charge in [-0.3, -0.25) is 0 Å². The van der Waals surface area contributed by atoms with Gasteiger partial charge in [0.1, 0.15) is 18.3 Å². The highest BCUT2D eigenvalue weighted by atomic mass is 16.7. The molecule has 13 atom stereocenters. The molecule has 3 aliphatic rings. The van der Waals surface area contributed by atoms with Gasteiger partial charge >= 0.3 is 0 Å². The monoisotopic (exact) mass is 461 g/mol. The molecule has 2 aliphatic carbocycles. The maximum Gasteiger partial charge on any atom is 0.173 e. The molecular formula is C21H43N5O6. The molecule has 11 nitrogen and oxygen atoms in total. The Labute approximate surface area is 190 Å². The zero-order valence-electron chi connectivity index (χ0n) is 19.3. The van der Waals surface area contributed by atoms with Crippen molar-refractivity contribution in [1.82, 2.24) is 5.32 Å². The smallest absolute Gasteiger partial charge is 0.173 e. The Bertz CT molecular complexity index is 613. The molecule has 2 saturated carbocycles. The fraction of sp³-hybridized carbons (Fsp3) is 1.00. The minimum absolute atomic E-state index is 0.173. The molecule has 0 aromatic carbocycles. The zero-order chi connectivity index (χ0) is 23.8. The molecule has 32 heavy (non-hydrogen) atoms. The van der Waals surface area contributed by atoms with Crippen LogP contribution in [0.4, 0.5) is 0 Å². The van der Waals surface area contributed by atoms with Crippen molar-refractivity contribution in [2.45, 2.75) is 125 Å². The predicted octanol–water partition coefficient (Wildman–Crippen LogP) is -2.78. The van der Waals surface area contributed by atoms with Gasteiger partial charge in [0.05, 0.1) is 36.0 Å². The van der Waals surface area contributed by atoms with E-state index in [-0.39, 0.29) is 18.2 Å². The van der Waals surface area contributed by atoms with Gasteiger partial charge in [-0.25, -0.2) is 0 Å². The molecule has 1 aliphatic heterocycles. The first-order valence-corrected chi connectivity index (χ1v) is 11.7. The van der Waals surface area contributed by atoms with Crippen LogP contribution in [-0.4, -0.2) is 101 Å². The molecule has 3 fully saturated rings. The van der Waals surface area contributed by atoms with E-state index in [1.165, 1.54) is 0 Å². The van der Waals surface area contributed by atoms with Gasteiger partial charge in [0.15, 0.2) is 6.29 Å². The number of ether oxygens (including phenoxy) is 3. The summed E-state index contributed by atoms with van der Waals surface area (Å²) in [5.74, 6) is 0. The van der Waals surface area contributed by atoms with E-state index in [9.17, 15) is 15.3 Å². The largest absolute Gasteiger partial charge is 0.389 e. The summed E-state index contributed by atoms with van der Waals surface area (Å²) in [6.07, 6.45) is -2.60. The normalized spacial score (nSPS) is 51.4. The summed E-state index contributed by atoms with van der Waals surface area (Å²) in [7, 11) is 1.68. The number of rotatable bonds is 6. The van der Waals surface area contributed by atoms with Gasteiger partial charge in [-0.2, -0.15) is 0 Å². The van der Waals surface area contributed by atoms with Crippen LogP contribution in [-0.2, 0) is 14.2 Å². The molecule has 0 aromatic rings. The summed E-state index contributed by atoms with van der Waals surface area (Å²) in [6.45, 7) is 3.55. The molecule has 188 valence electrons. The molecule has 0 amide bonds. The number of aliphatic hydroxyl groups is 3. The van der Waals surface area contributed by atoms with Crippen LogP contribution in [0.2, 0.25) is 0 Å². The van der Waals surface area contributed by atoms with Crippen molar-refractivity contribution in [1.29, 1.82) is 0 Å². The number of aliphatic hydroxyl groups excluding tert-OH is 2. The maximum absolute atomic E-state index is 11.1. The van der Waals surface area contributed by atoms with Gasteiger partial charge in [-0.15, -0.1) is 0 Å². The highest BCUT2D eigenvalue weighted by molar-refractivity contribution is 5.03. The van der Waals surface area contributed by atoms with E-state index in [0.29, 0.717) is 25.7 Å². The van der Waals surface area contributed by atoms with Crippen molar-refractivity contribution in [3.8, 4) is 0 Å². The van der Waals surface area contributed by atoms with Gasteiger partial charge in [-0.05, 0) is 53.0 Å². The van der Waals surface area contributed by atoms with Gasteiger partial charge in [0, 0.05) is 18.1 Å². The molecule has 0 spiro atoms. The van der Waals surface area contributed by atoms with Gasteiger partial charge < -0.3 is 57.8 Å². The standard InChI is InChI=1S/C21H43N5O6/c1-9(22)13-5-4-10(23)20(31-13)32-18-12(25)8-11(24)17(16(18)28)30-14-6-7-21(2,29)19(26-3)15(14)27/h9-20,26-29H,4-8,22-25H2,1-3H3/t9-,10?,11?,12+,13?,14+,15?,16?,17+,18?,19?,20-,21+/m1/s1. The van der Waals surface area contributed by atoms with E-state index in [4.69, 9.17) is 37.1 Å². The Kier molecular flexibility index (Phi) is 8.54. The third-order valence-corrected chi connectivity index (χ3v) is 7.35. The Hall–Kier alpha value is -0.440. The topological polar surface area (TPSA) is 204 Å². The van der Waals surface area contributed by atoms with E-state index in [1.54, 1.807) is 14.0 Å².